The Morgan fingerprint density at radius 3 is 2.90 bits per heavy atom. The second kappa shape index (κ2) is 6.00. The standard InChI is InChI=1S/C14H17FN2O3/c1-9-4-5-10(7-11(9)15)16-13(18)8-17-6-2-3-12(17)14(19)20/h4-5,7,12H,2-3,6,8H2,1H3,(H,16,18)(H,19,20)/t12-/m1/s1. The topological polar surface area (TPSA) is 69.6 Å². The van der Waals surface area contributed by atoms with Gasteiger partial charge in [0.05, 0.1) is 6.54 Å². The molecule has 0 unspecified atom stereocenters. The van der Waals surface area contributed by atoms with Gasteiger partial charge in [-0.2, -0.15) is 0 Å². The van der Waals surface area contributed by atoms with E-state index in [0.29, 0.717) is 24.2 Å². The number of aryl methyl sites for hydroxylation is 1. The molecule has 0 radical (unpaired) electrons. The molecular formula is C14H17FN2O3. The van der Waals surface area contributed by atoms with Crippen LogP contribution in [0.5, 0.6) is 0 Å². The molecule has 1 amide bonds. The van der Waals surface area contributed by atoms with E-state index in [1.807, 2.05) is 0 Å². The van der Waals surface area contributed by atoms with Crippen LogP contribution >= 0.6 is 0 Å². The molecule has 1 atom stereocenters. The molecular weight excluding hydrogens is 263 g/mol. The van der Waals surface area contributed by atoms with Gasteiger partial charge in [-0.25, -0.2) is 4.39 Å². The number of likely N-dealkylation sites (tertiary alicyclic amines) is 1. The average molecular weight is 280 g/mol. The van der Waals surface area contributed by atoms with Crippen molar-refractivity contribution < 1.29 is 19.1 Å². The van der Waals surface area contributed by atoms with Crippen molar-refractivity contribution in [3.63, 3.8) is 0 Å². The van der Waals surface area contributed by atoms with E-state index < -0.39 is 12.0 Å². The number of amides is 1. The molecule has 0 bridgehead atoms. The SMILES string of the molecule is Cc1ccc(NC(=O)CN2CCC[C@@H]2C(=O)O)cc1F. The molecule has 0 aromatic heterocycles. The number of rotatable bonds is 4. The van der Waals surface area contributed by atoms with Crippen LogP contribution in [0.2, 0.25) is 0 Å². The second-order valence-corrected chi connectivity index (χ2v) is 4.98. The first-order chi connectivity index (χ1) is 9.47. The van der Waals surface area contributed by atoms with Gasteiger partial charge < -0.3 is 10.4 Å². The largest absolute Gasteiger partial charge is 0.480 e. The van der Waals surface area contributed by atoms with Crippen molar-refractivity contribution in [2.45, 2.75) is 25.8 Å². The van der Waals surface area contributed by atoms with Crippen LogP contribution in [-0.4, -0.2) is 41.0 Å². The lowest BCUT2D eigenvalue weighted by atomic mass is 10.2. The van der Waals surface area contributed by atoms with E-state index in [2.05, 4.69) is 5.32 Å². The Hall–Kier alpha value is -1.95. The molecule has 2 rings (SSSR count). The summed E-state index contributed by atoms with van der Waals surface area (Å²) in [6.07, 6.45) is 1.32. The van der Waals surface area contributed by atoms with E-state index in [0.717, 1.165) is 6.42 Å². The van der Waals surface area contributed by atoms with Gasteiger partial charge in [0, 0.05) is 5.69 Å². The summed E-state index contributed by atoms with van der Waals surface area (Å²) in [6.45, 7) is 2.24. The Balaban J connectivity index is 1.95. The molecule has 0 saturated carbocycles. The van der Waals surface area contributed by atoms with Gasteiger partial charge in [-0.15, -0.1) is 0 Å². The van der Waals surface area contributed by atoms with Crippen molar-refractivity contribution in [2.24, 2.45) is 0 Å². The average Bonchev–Trinajstić information content (AvgIpc) is 2.82. The Bertz CT molecular complexity index is 533. The van der Waals surface area contributed by atoms with Crippen LogP contribution in [-0.2, 0) is 9.59 Å². The van der Waals surface area contributed by atoms with Crippen molar-refractivity contribution in [3.8, 4) is 0 Å². The van der Waals surface area contributed by atoms with Crippen molar-refractivity contribution in [2.75, 3.05) is 18.4 Å². The monoisotopic (exact) mass is 280 g/mol. The number of aliphatic carboxylic acids is 1. The number of carboxylic acid groups (broad SMARTS) is 1. The first-order valence-electron chi connectivity index (χ1n) is 6.50. The second-order valence-electron chi connectivity index (χ2n) is 4.98. The van der Waals surface area contributed by atoms with Gasteiger partial charge in [-0.3, -0.25) is 14.5 Å². The first-order valence-corrected chi connectivity index (χ1v) is 6.50. The van der Waals surface area contributed by atoms with Crippen LogP contribution in [0, 0.1) is 12.7 Å². The zero-order chi connectivity index (χ0) is 14.7. The summed E-state index contributed by atoms with van der Waals surface area (Å²) in [5.74, 6) is -1.62. The Morgan fingerprint density at radius 1 is 1.50 bits per heavy atom. The Kier molecular flexibility index (Phi) is 4.34. The van der Waals surface area contributed by atoms with Crippen molar-refractivity contribution in [3.05, 3.63) is 29.6 Å². The normalized spacial score (nSPS) is 19.0. The van der Waals surface area contributed by atoms with Gasteiger partial charge in [-0.1, -0.05) is 6.07 Å². The highest BCUT2D eigenvalue weighted by atomic mass is 19.1. The number of hydrogen-bond acceptors (Lipinski definition) is 3. The van der Waals surface area contributed by atoms with Crippen LogP contribution in [0.1, 0.15) is 18.4 Å². The number of carboxylic acids is 1. The summed E-state index contributed by atoms with van der Waals surface area (Å²) in [6, 6.07) is 3.86. The zero-order valence-corrected chi connectivity index (χ0v) is 11.2. The molecule has 108 valence electrons. The van der Waals surface area contributed by atoms with Crippen LogP contribution in [0.3, 0.4) is 0 Å². The number of anilines is 1. The number of benzene rings is 1. The van der Waals surface area contributed by atoms with Gasteiger partial charge in [0.1, 0.15) is 11.9 Å². The highest BCUT2D eigenvalue weighted by Crippen LogP contribution is 2.18. The summed E-state index contributed by atoms with van der Waals surface area (Å²) in [5, 5.41) is 11.6. The molecule has 1 aliphatic rings. The number of carbonyl (C=O) groups excluding carboxylic acids is 1. The molecule has 5 nitrogen and oxygen atoms in total. The molecule has 1 heterocycles. The lowest BCUT2D eigenvalue weighted by Gasteiger charge is -2.20. The van der Waals surface area contributed by atoms with E-state index in [-0.39, 0.29) is 18.3 Å². The predicted molar refractivity (Wildman–Crippen MR) is 72.0 cm³/mol. The fourth-order valence-electron chi connectivity index (χ4n) is 2.35. The molecule has 6 heteroatoms. The molecule has 1 aromatic rings. The van der Waals surface area contributed by atoms with E-state index in [4.69, 9.17) is 5.11 Å². The minimum absolute atomic E-state index is 0.00641. The van der Waals surface area contributed by atoms with Gasteiger partial charge in [0.15, 0.2) is 0 Å². The molecule has 20 heavy (non-hydrogen) atoms. The summed E-state index contributed by atoms with van der Waals surface area (Å²) >= 11 is 0. The fourth-order valence-corrected chi connectivity index (χ4v) is 2.35. The number of nitrogens with one attached hydrogen (secondary N) is 1. The summed E-state index contributed by atoms with van der Waals surface area (Å²) in [4.78, 5) is 24.5. The van der Waals surface area contributed by atoms with Gasteiger partial charge in [0.2, 0.25) is 5.91 Å². The lowest BCUT2D eigenvalue weighted by molar-refractivity contribution is -0.142. The maximum absolute atomic E-state index is 13.4. The molecule has 2 N–H and O–H groups in total. The summed E-state index contributed by atoms with van der Waals surface area (Å²) in [5.41, 5.74) is 0.887. The van der Waals surface area contributed by atoms with E-state index in [1.54, 1.807) is 24.0 Å². The third-order valence-corrected chi connectivity index (χ3v) is 3.45. The third kappa shape index (κ3) is 3.33. The maximum Gasteiger partial charge on any atom is 0.320 e. The molecule has 0 aliphatic carbocycles. The van der Waals surface area contributed by atoms with E-state index in [9.17, 15) is 14.0 Å². The molecule has 1 aromatic carbocycles. The van der Waals surface area contributed by atoms with E-state index >= 15 is 0 Å². The fraction of sp³-hybridized carbons (Fsp3) is 0.429. The molecule has 0 spiro atoms. The maximum atomic E-state index is 13.4. The number of nitrogens with zero attached hydrogens (tertiary/aromatic N) is 1. The molecule has 1 saturated heterocycles. The first kappa shape index (κ1) is 14.5. The minimum atomic E-state index is -0.906. The van der Waals surface area contributed by atoms with E-state index in [1.165, 1.54) is 6.07 Å². The highest BCUT2D eigenvalue weighted by molar-refractivity contribution is 5.92. The summed E-state index contributed by atoms with van der Waals surface area (Å²) in [7, 11) is 0. The minimum Gasteiger partial charge on any atom is -0.480 e. The van der Waals surface area contributed by atoms with Crippen LogP contribution in [0.25, 0.3) is 0 Å². The van der Waals surface area contributed by atoms with Crippen molar-refractivity contribution in [1.29, 1.82) is 0 Å². The molecule has 1 aliphatic heterocycles. The number of carbonyl (C=O) groups is 2. The number of halogens is 1. The Morgan fingerprint density at radius 2 is 2.25 bits per heavy atom. The van der Waals surface area contributed by atoms with Gasteiger partial charge >= 0.3 is 5.97 Å². The lowest BCUT2D eigenvalue weighted by Crippen LogP contribution is -2.40. The van der Waals surface area contributed by atoms with Crippen molar-refractivity contribution >= 4 is 17.6 Å². The zero-order valence-electron chi connectivity index (χ0n) is 11.2. The van der Waals surface area contributed by atoms with Crippen molar-refractivity contribution in [1.82, 2.24) is 4.90 Å². The van der Waals surface area contributed by atoms with Crippen LogP contribution < -0.4 is 5.32 Å². The smallest absolute Gasteiger partial charge is 0.320 e. The Labute approximate surface area is 116 Å². The highest BCUT2D eigenvalue weighted by Gasteiger charge is 2.31. The number of hydrogen-bond donors (Lipinski definition) is 2. The van der Waals surface area contributed by atoms with Gasteiger partial charge in [-0.05, 0) is 44.0 Å². The third-order valence-electron chi connectivity index (χ3n) is 3.45. The van der Waals surface area contributed by atoms with Crippen LogP contribution in [0.15, 0.2) is 18.2 Å². The predicted octanol–water partition coefficient (Wildman–Crippen LogP) is 1.62. The van der Waals surface area contributed by atoms with Gasteiger partial charge in [0.25, 0.3) is 0 Å². The molecule has 1 fully saturated rings. The summed E-state index contributed by atoms with van der Waals surface area (Å²) < 4.78 is 13.4. The quantitative estimate of drug-likeness (QED) is 0.879. The van der Waals surface area contributed by atoms with Crippen LogP contribution in [0.4, 0.5) is 10.1 Å².